The highest BCUT2D eigenvalue weighted by Crippen LogP contribution is 2.36. The number of hydrogen-bond donors (Lipinski definition) is 1. The molecule has 0 fully saturated rings. The van der Waals surface area contributed by atoms with Crippen molar-refractivity contribution in [2.75, 3.05) is 0 Å². The Labute approximate surface area is 150 Å². The van der Waals surface area contributed by atoms with Crippen LogP contribution in [0.15, 0.2) is 12.1 Å². The zero-order valence-corrected chi connectivity index (χ0v) is 16.5. The van der Waals surface area contributed by atoms with Crippen LogP contribution in [0.3, 0.4) is 0 Å². The second kappa shape index (κ2) is 9.26. The monoisotopic (exact) mass is 350 g/mol. The predicted octanol–water partition coefficient (Wildman–Crippen LogP) is 5.46. The third kappa shape index (κ3) is 6.68. The van der Waals surface area contributed by atoms with E-state index in [1.165, 1.54) is 34.0 Å². The van der Waals surface area contributed by atoms with Crippen LogP contribution in [0.5, 0.6) is 0 Å². The van der Waals surface area contributed by atoms with E-state index in [4.69, 9.17) is 5.11 Å². The van der Waals surface area contributed by atoms with Crippen LogP contribution in [-0.2, 0) is 9.59 Å². The van der Waals surface area contributed by atoms with E-state index in [-0.39, 0.29) is 22.7 Å². The largest absolute Gasteiger partial charge is 0.481 e. The van der Waals surface area contributed by atoms with Crippen molar-refractivity contribution in [2.45, 2.75) is 66.1 Å². The van der Waals surface area contributed by atoms with E-state index in [9.17, 15) is 9.59 Å². The van der Waals surface area contributed by atoms with Crippen LogP contribution in [0.25, 0.3) is 0 Å². The van der Waals surface area contributed by atoms with Crippen molar-refractivity contribution in [2.24, 2.45) is 11.8 Å². The first-order chi connectivity index (χ1) is 11.1. The van der Waals surface area contributed by atoms with Crippen molar-refractivity contribution < 1.29 is 14.7 Å². The Morgan fingerprint density at radius 1 is 1.04 bits per heavy atom. The topological polar surface area (TPSA) is 54.4 Å². The summed E-state index contributed by atoms with van der Waals surface area (Å²) in [4.78, 5) is 23.5. The van der Waals surface area contributed by atoms with Gasteiger partial charge in [0.2, 0.25) is 0 Å². The Balaban J connectivity index is 2.77. The van der Waals surface area contributed by atoms with Gasteiger partial charge in [-0.05, 0) is 62.6 Å². The number of hydrogen-bond acceptors (Lipinski definition) is 3. The Morgan fingerprint density at radius 2 is 1.58 bits per heavy atom. The molecule has 1 N–H and O–H groups in total. The first-order valence-electron chi connectivity index (χ1n) is 8.59. The van der Waals surface area contributed by atoms with Crippen LogP contribution in [0.4, 0.5) is 0 Å². The van der Waals surface area contributed by atoms with E-state index in [0.29, 0.717) is 12.3 Å². The molecule has 0 saturated heterocycles. The Hall–Kier alpha value is -1.29. The van der Waals surface area contributed by atoms with Crippen molar-refractivity contribution >= 4 is 22.8 Å². The van der Waals surface area contributed by atoms with Gasteiger partial charge in [-0.25, -0.2) is 0 Å². The van der Waals surface area contributed by atoms with Gasteiger partial charge in [-0.2, -0.15) is 0 Å². The highest BCUT2D eigenvalue weighted by Gasteiger charge is 2.22. The fraction of sp³-hybridized carbons (Fsp3) is 0.600. The van der Waals surface area contributed by atoms with Crippen molar-refractivity contribution in [3.8, 4) is 0 Å². The minimum atomic E-state index is -0.822. The van der Waals surface area contributed by atoms with E-state index >= 15 is 0 Å². The van der Waals surface area contributed by atoms with Crippen molar-refractivity contribution in [3.63, 3.8) is 0 Å². The van der Waals surface area contributed by atoms with Crippen molar-refractivity contribution in [3.05, 3.63) is 34.4 Å². The van der Waals surface area contributed by atoms with Gasteiger partial charge in [0.05, 0.1) is 0 Å². The summed E-state index contributed by atoms with van der Waals surface area (Å²) in [6, 6.07) is 4.30. The zero-order chi connectivity index (χ0) is 18.4. The van der Waals surface area contributed by atoms with Crippen LogP contribution in [0.2, 0.25) is 0 Å². The van der Waals surface area contributed by atoms with Gasteiger partial charge in [0, 0.05) is 18.1 Å². The second-order valence-corrected chi connectivity index (χ2v) is 8.64. The van der Waals surface area contributed by atoms with Gasteiger partial charge in [-0.3, -0.25) is 9.59 Å². The van der Waals surface area contributed by atoms with E-state index in [2.05, 4.69) is 53.7 Å². The smallest absolute Gasteiger partial charge is 0.303 e. The number of thioether (sulfide) groups is 1. The minimum Gasteiger partial charge on any atom is -0.481 e. The van der Waals surface area contributed by atoms with E-state index in [0.717, 1.165) is 6.42 Å². The van der Waals surface area contributed by atoms with Gasteiger partial charge < -0.3 is 5.11 Å². The first kappa shape index (κ1) is 20.8. The minimum absolute atomic E-state index is 0.0709. The van der Waals surface area contributed by atoms with E-state index in [1.54, 1.807) is 0 Å². The molecule has 0 aliphatic rings. The number of aryl methyl sites for hydroxylation is 3. The lowest BCUT2D eigenvalue weighted by molar-refractivity contribution is -0.138. The lowest BCUT2D eigenvalue weighted by Crippen LogP contribution is -2.14. The molecule has 4 heteroatoms. The van der Waals surface area contributed by atoms with Gasteiger partial charge in [-0.1, -0.05) is 43.3 Å². The summed E-state index contributed by atoms with van der Waals surface area (Å²) in [6.45, 7) is 12.4. The molecule has 1 aromatic carbocycles. The number of carbonyl (C=O) groups is 2. The summed E-state index contributed by atoms with van der Waals surface area (Å²) in [5, 5.41) is 9.23. The number of carbonyl (C=O) groups excluding carboxylic acids is 1. The summed E-state index contributed by atoms with van der Waals surface area (Å²) < 4.78 is 0. The van der Waals surface area contributed by atoms with Crippen molar-refractivity contribution in [1.29, 1.82) is 0 Å². The molecule has 3 nitrogen and oxygen atoms in total. The average Bonchev–Trinajstić information content (AvgIpc) is 2.34. The third-order valence-corrected chi connectivity index (χ3v) is 5.19. The maximum atomic E-state index is 12.5. The average molecular weight is 351 g/mol. The van der Waals surface area contributed by atoms with Crippen LogP contribution in [-0.4, -0.2) is 16.2 Å². The molecule has 0 aliphatic heterocycles. The third-order valence-electron chi connectivity index (χ3n) is 4.18. The van der Waals surface area contributed by atoms with Crippen LogP contribution in [0.1, 0.15) is 67.5 Å². The standard InChI is InChI=1S/C20H30O3S/c1-12(2)7-17(10-18(21)22)11-19(23)24-16(6)20-14(4)8-13(3)9-15(20)5/h8-9,12,16-17H,7,10-11H2,1-6H3,(H,21,22). The maximum absolute atomic E-state index is 12.5. The van der Waals surface area contributed by atoms with Gasteiger partial charge in [-0.15, -0.1) is 0 Å². The Bertz CT molecular complexity index is 570. The normalized spacial score (nSPS) is 13.8. The molecule has 0 aliphatic carbocycles. The number of benzene rings is 1. The highest BCUT2D eigenvalue weighted by atomic mass is 32.2. The summed E-state index contributed by atoms with van der Waals surface area (Å²) in [5.74, 6) is -0.502. The second-order valence-electron chi connectivity index (χ2n) is 7.24. The van der Waals surface area contributed by atoms with Gasteiger partial charge >= 0.3 is 5.97 Å². The van der Waals surface area contributed by atoms with Gasteiger partial charge in [0.1, 0.15) is 0 Å². The Kier molecular flexibility index (Phi) is 8.01. The highest BCUT2D eigenvalue weighted by molar-refractivity contribution is 8.13. The molecule has 0 heterocycles. The fourth-order valence-electron chi connectivity index (χ4n) is 3.52. The summed E-state index contributed by atoms with van der Waals surface area (Å²) in [6.07, 6.45) is 1.18. The molecule has 2 atom stereocenters. The molecule has 1 rings (SSSR count). The van der Waals surface area contributed by atoms with Crippen LogP contribution >= 0.6 is 11.8 Å². The number of aliphatic carboxylic acids is 1. The molecule has 0 amide bonds. The lowest BCUT2D eigenvalue weighted by Gasteiger charge is -2.20. The quantitative estimate of drug-likeness (QED) is 0.676. The molecule has 0 aromatic heterocycles. The van der Waals surface area contributed by atoms with Crippen molar-refractivity contribution in [1.82, 2.24) is 0 Å². The zero-order valence-electron chi connectivity index (χ0n) is 15.7. The SMILES string of the molecule is Cc1cc(C)c(C(C)SC(=O)CC(CC(=O)O)CC(C)C)c(C)c1. The molecule has 0 spiro atoms. The molecular weight excluding hydrogens is 320 g/mol. The first-order valence-corrected chi connectivity index (χ1v) is 9.47. The van der Waals surface area contributed by atoms with Gasteiger partial charge in [0.25, 0.3) is 0 Å². The predicted molar refractivity (Wildman–Crippen MR) is 101 cm³/mol. The fourth-order valence-corrected chi connectivity index (χ4v) is 4.74. The summed E-state index contributed by atoms with van der Waals surface area (Å²) in [7, 11) is 0. The maximum Gasteiger partial charge on any atom is 0.303 e. The summed E-state index contributed by atoms with van der Waals surface area (Å²) in [5.41, 5.74) is 4.88. The molecule has 134 valence electrons. The number of carboxylic acids is 1. The molecule has 24 heavy (non-hydrogen) atoms. The van der Waals surface area contributed by atoms with Crippen LogP contribution in [0, 0.1) is 32.6 Å². The molecular formula is C20H30O3S. The van der Waals surface area contributed by atoms with E-state index in [1.807, 2.05) is 0 Å². The molecule has 0 saturated carbocycles. The number of rotatable bonds is 8. The lowest BCUT2D eigenvalue weighted by atomic mass is 9.92. The molecule has 2 unspecified atom stereocenters. The van der Waals surface area contributed by atoms with Crippen LogP contribution < -0.4 is 0 Å². The molecule has 1 aromatic rings. The molecule has 0 bridgehead atoms. The van der Waals surface area contributed by atoms with E-state index < -0.39 is 5.97 Å². The summed E-state index contributed by atoms with van der Waals surface area (Å²) >= 11 is 1.34. The Morgan fingerprint density at radius 3 is 2.04 bits per heavy atom. The number of carboxylic acid groups (broad SMARTS) is 1. The van der Waals surface area contributed by atoms with Gasteiger partial charge in [0.15, 0.2) is 5.12 Å². The molecule has 0 radical (unpaired) electrons.